The van der Waals surface area contributed by atoms with Crippen molar-refractivity contribution in [1.82, 2.24) is 14.6 Å². The molecule has 3 amide bonds. The van der Waals surface area contributed by atoms with Gasteiger partial charge >= 0.3 is 6.03 Å². The van der Waals surface area contributed by atoms with Crippen LogP contribution in [0.1, 0.15) is 36.5 Å². The van der Waals surface area contributed by atoms with Gasteiger partial charge in [0.1, 0.15) is 22.4 Å². The Kier molecular flexibility index (Phi) is 4.09. The van der Waals surface area contributed by atoms with Gasteiger partial charge in [-0.1, -0.05) is 11.6 Å². The van der Waals surface area contributed by atoms with Crippen LogP contribution in [0.3, 0.4) is 0 Å². The molecule has 1 saturated heterocycles. The SMILES string of the molecule is C[C@H](N)[C@@H]1CCN([N+]2(C3CC3)C(=O)N(N)C(=O)c3cc(F)cc(Cl)c32)C1. The van der Waals surface area contributed by atoms with Gasteiger partial charge in [-0.2, -0.15) is 5.01 Å². The van der Waals surface area contributed by atoms with Gasteiger partial charge in [0.2, 0.25) is 0 Å². The summed E-state index contributed by atoms with van der Waals surface area (Å²) >= 11 is 6.39. The second kappa shape index (κ2) is 5.97. The molecule has 2 heterocycles. The Hall–Kier alpha value is -1.58. The normalized spacial score (nSPS) is 30.7. The molecule has 4 rings (SSSR count). The van der Waals surface area contributed by atoms with Crippen molar-refractivity contribution in [2.24, 2.45) is 17.5 Å². The summed E-state index contributed by atoms with van der Waals surface area (Å²) in [6.45, 7) is 3.17. The van der Waals surface area contributed by atoms with Gasteiger partial charge in [-0.15, -0.1) is 9.60 Å². The van der Waals surface area contributed by atoms with Gasteiger partial charge in [0.15, 0.2) is 5.69 Å². The lowest BCUT2D eigenvalue weighted by molar-refractivity contribution is 0.00612. The Balaban J connectivity index is 1.93. The number of hydrazine groups is 1. The minimum atomic E-state index is -0.733. The molecule has 4 N–H and O–H groups in total. The maximum absolute atomic E-state index is 13.9. The van der Waals surface area contributed by atoms with Crippen LogP contribution in [0, 0.1) is 11.7 Å². The largest absolute Gasteiger partial charge is 0.465 e. The molecule has 1 saturated carbocycles. The first kappa shape index (κ1) is 17.8. The Bertz CT molecular complexity index is 800. The average Bonchev–Trinajstić information content (AvgIpc) is 3.30. The molecule has 3 atom stereocenters. The third kappa shape index (κ3) is 2.33. The number of quaternary nitrogens is 1. The maximum Gasteiger partial charge on any atom is 0.465 e. The van der Waals surface area contributed by atoms with Gasteiger partial charge in [-0.3, -0.25) is 4.79 Å². The van der Waals surface area contributed by atoms with Crippen LogP contribution in [0.4, 0.5) is 14.9 Å². The number of rotatable bonds is 3. The van der Waals surface area contributed by atoms with Gasteiger partial charge in [0.05, 0.1) is 6.54 Å². The highest BCUT2D eigenvalue weighted by Crippen LogP contribution is 2.50. The average molecular weight is 383 g/mol. The van der Waals surface area contributed by atoms with Crippen molar-refractivity contribution in [1.29, 1.82) is 0 Å². The molecule has 1 aromatic carbocycles. The number of carbonyl (C=O) groups is 2. The highest BCUT2D eigenvalue weighted by Gasteiger charge is 2.65. The Morgan fingerprint density at radius 2 is 2.00 bits per heavy atom. The molecule has 7 nitrogen and oxygen atoms in total. The number of carbonyl (C=O) groups excluding carboxylic acids is 2. The van der Waals surface area contributed by atoms with E-state index in [2.05, 4.69) is 0 Å². The minimum Gasteiger partial charge on any atom is -0.328 e. The molecule has 0 bridgehead atoms. The lowest BCUT2D eigenvalue weighted by Crippen LogP contribution is -2.74. The lowest BCUT2D eigenvalue weighted by atomic mass is 10.0. The summed E-state index contributed by atoms with van der Waals surface area (Å²) in [6, 6.07) is 1.66. The maximum atomic E-state index is 13.9. The van der Waals surface area contributed by atoms with Crippen LogP contribution >= 0.6 is 11.6 Å². The van der Waals surface area contributed by atoms with Crippen LogP contribution in [0.15, 0.2) is 12.1 Å². The predicted octanol–water partition coefficient (Wildman–Crippen LogP) is 1.98. The quantitative estimate of drug-likeness (QED) is 0.473. The van der Waals surface area contributed by atoms with Crippen LogP contribution in [0.2, 0.25) is 5.02 Å². The number of nitrogens with zero attached hydrogens (tertiary/aromatic N) is 3. The predicted molar refractivity (Wildman–Crippen MR) is 95.3 cm³/mol. The number of hydrogen-bond acceptors (Lipinski definition) is 5. The van der Waals surface area contributed by atoms with E-state index in [4.69, 9.17) is 23.2 Å². The van der Waals surface area contributed by atoms with E-state index in [1.165, 1.54) is 0 Å². The molecule has 1 aromatic rings. The van der Waals surface area contributed by atoms with E-state index in [-0.39, 0.29) is 33.2 Å². The summed E-state index contributed by atoms with van der Waals surface area (Å²) in [5.74, 6) is 4.70. The highest BCUT2D eigenvalue weighted by molar-refractivity contribution is 6.35. The standard InChI is InChI=1S/C17H22ClFN5O2/c1-9(20)10-4-5-22(8-10)24(12-2-3-12)15-13(6-11(19)7-14(15)18)16(25)23(21)17(24)26/h6-7,9-10,12H,2-5,8,20-21H2,1H3/q+1/t9-,10+,24?/m0/s1. The van der Waals surface area contributed by atoms with E-state index in [1.54, 1.807) is 0 Å². The van der Waals surface area contributed by atoms with Gasteiger partial charge in [-0.05, 0) is 31.4 Å². The smallest absolute Gasteiger partial charge is 0.328 e. The molecule has 1 aliphatic carbocycles. The summed E-state index contributed by atoms with van der Waals surface area (Å²) in [5.41, 5.74) is 6.46. The number of halogens is 2. The molecule has 0 aromatic heterocycles. The van der Waals surface area contributed by atoms with Gasteiger partial charge in [0, 0.05) is 25.4 Å². The lowest BCUT2D eigenvalue weighted by Gasteiger charge is -2.45. The summed E-state index contributed by atoms with van der Waals surface area (Å²) in [6.07, 6.45) is 2.45. The first-order valence-electron chi connectivity index (χ1n) is 8.81. The fraction of sp³-hybridized carbons (Fsp3) is 0.529. The fourth-order valence-electron chi connectivity index (χ4n) is 4.32. The van der Waals surface area contributed by atoms with E-state index in [0.29, 0.717) is 23.8 Å². The second-order valence-corrected chi connectivity index (χ2v) is 7.89. The zero-order chi connectivity index (χ0) is 18.8. The number of hydrogen-bond donors (Lipinski definition) is 2. The Labute approximate surface area is 155 Å². The van der Waals surface area contributed by atoms with Crippen molar-refractivity contribution < 1.29 is 14.0 Å². The first-order chi connectivity index (χ1) is 12.3. The van der Waals surface area contributed by atoms with E-state index in [0.717, 1.165) is 31.4 Å². The van der Waals surface area contributed by atoms with Crippen LogP contribution in [0.25, 0.3) is 0 Å². The van der Waals surface area contributed by atoms with E-state index in [1.807, 2.05) is 11.9 Å². The van der Waals surface area contributed by atoms with Crippen LogP contribution in [-0.4, -0.2) is 47.1 Å². The third-order valence-electron chi connectivity index (χ3n) is 5.78. The highest BCUT2D eigenvalue weighted by atomic mass is 35.5. The summed E-state index contributed by atoms with van der Waals surface area (Å²) in [5, 5.41) is 2.68. The molecule has 2 fully saturated rings. The number of fused-ring (bicyclic) bond motifs is 1. The Morgan fingerprint density at radius 1 is 1.31 bits per heavy atom. The van der Waals surface area contributed by atoms with Crippen molar-refractivity contribution >= 4 is 29.2 Å². The van der Waals surface area contributed by atoms with Crippen molar-refractivity contribution in [3.8, 4) is 0 Å². The molecule has 2 aliphatic heterocycles. The van der Waals surface area contributed by atoms with Crippen molar-refractivity contribution in [2.75, 3.05) is 13.1 Å². The van der Waals surface area contributed by atoms with Gasteiger partial charge in [-0.25, -0.2) is 15.0 Å². The molecule has 1 unspecified atom stereocenters. The molecular weight excluding hydrogens is 361 g/mol. The number of nitrogens with two attached hydrogens (primary N) is 2. The van der Waals surface area contributed by atoms with Crippen molar-refractivity contribution in [2.45, 2.75) is 38.3 Å². The molecule has 0 spiro atoms. The van der Waals surface area contributed by atoms with E-state index in [9.17, 15) is 14.0 Å². The van der Waals surface area contributed by atoms with Crippen molar-refractivity contribution in [3.05, 3.63) is 28.5 Å². The molecule has 140 valence electrons. The zero-order valence-corrected chi connectivity index (χ0v) is 15.2. The van der Waals surface area contributed by atoms with Crippen LogP contribution in [0.5, 0.6) is 0 Å². The van der Waals surface area contributed by atoms with Gasteiger partial charge in [0.25, 0.3) is 5.91 Å². The number of imide groups is 1. The molecule has 3 aliphatic rings. The zero-order valence-electron chi connectivity index (χ0n) is 14.5. The second-order valence-electron chi connectivity index (χ2n) is 7.48. The van der Waals surface area contributed by atoms with E-state index < -0.39 is 17.8 Å². The summed E-state index contributed by atoms with van der Waals surface area (Å²) in [4.78, 5) is 25.9. The molecular formula is C17H22ClFN5O2+. The van der Waals surface area contributed by atoms with E-state index >= 15 is 0 Å². The monoisotopic (exact) mass is 382 g/mol. The number of amides is 3. The number of urea groups is 1. The van der Waals surface area contributed by atoms with Crippen molar-refractivity contribution in [3.63, 3.8) is 0 Å². The number of benzene rings is 1. The third-order valence-corrected chi connectivity index (χ3v) is 6.07. The fourth-order valence-corrected chi connectivity index (χ4v) is 4.65. The summed E-state index contributed by atoms with van der Waals surface area (Å²) < 4.78 is 13.7. The van der Waals surface area contributed by atoms with Gasteiger partial charge < -0.3 is 5.73 Å². The first-order valence-corrected chi connectivity index (χ1v) is 9.19. The summed E-state index contributed by atoms with van der Waals surface area (Å²) in [7, 11) is 0. The molecule has 0 radical (unpaired) electrons. The molecule has 9 heteroatoms. The minimum absolute atomic E-state index is 0.0158. The van der Waals surface area contributed by atoms with Crippen LogP contribution < -0.4 is 16.2 Å². The Morgan fingerprint density at radius 3 is 2.58 bits per heavy atom. The topological polar surface area (TPSA) is 92.7 Å². The molecule has 26 heavy (non-hydrogen) atoms. The van der Waals surface area contributed by atoms with Crippen LogP contribution in [-0.2, 0) is 0 Å².